The topological polar surface area (TPSA) is 212 Å². The van der Waals surface area contributed by atoms with Crippen molar-refractivity contribution in [2.45, 2.75) is 77.2 Å². The molecule has 18 nitrogen and oxygen atoms in total. The van der Waals surface area contributed by atoms with Crippen LogP contribution in [0, 0.1) is 22.7 Å². The number of ether oxygens (including phenoxy) is 2. The Morgan fingerprint density at radius 1 is 0.562 bits per heavy atom. The maximum atomic E-state index is 14.6. The molecule has 0 saturated heterocycles. The number of carbonyl (C=O) groups excluding carboxylic acids is 6. The van der Waals surface area contributed by atoms with E-state index in [1.807, 2.05) is 12.1 Å². The standard InChI is InChI=1S/C56H54F6N10O8/c1-53(2,3)79-51(77)67(23-25-69-31-41-43(47(69)73)45(35-17-13-33(29-63)14-18-35)65-49(75)71(41)39-11-7-9-37(27-39)55(57,58)59)21-22-68(52(78)80-54(4,5)6)24-26-70-32-42-44(48(70)74)46(36-19-15-34(30-64)16-20-36)66-50(76)72(42)40-12-8-10-38(28-40)56(60,61)62/h7-20,27-28,45-46H,21-26,31-32H2,1-6H3,(H,65,75)(H,66,76)/t45-,46-/m1/s1. The van der Waals surface area contributed by atoms with Gasteiger partial charge in [0.15, 0.2) is 0 Å². The SMILES string of the molecule is CC(C)(C)OC(=O)N(CCN(CCN1CC2=C(C1=O)[C@@H](c1ccc(C#N)cc1)NC(=O)N2c1cccc(C(F)(F)F)c1)C(=O)OC(C)(C)C)CCN1CC2=C(C1=O)[C@@H](c1ccc(C#N)cc1)NC(=O)N2c1cccc(C(F)(F)F)c1. The van der Waals surface area contributed by atoms with Crippen molar-refractivity contribution in [3.63, 3.8) is 0 Å². The highest BCUT2D eigenvalue weighted by atomic mass is 19.4. The highest BCUT2D eigenvalue weighted by molar-refractivity contribution is 6.08. The maximum Gasteiger partial charge on any atom is 0.416 e. The minimum absolute atomic E-state index is 0.0283. The number of hydrogen-bond acceptors (Lipinski definition) is 10. The first-order valence-electron chi connectivity index (χ1n) is 25.1. The zero-order chi connectivity index (χ0) is 58.2. The molecule has 0 fully saturated rings. The van der Waals surface area contributed by atoms with Crippen molar-refractivity contribution in [3.05, 3.63) is 153 Å². The number of anilines is 2. The van der Waals surface area contributed by atoms with Crippen LogP contribution in [0.5, 0.6) is 0 Å². The minimum Gasteiger partial charge on any atom is -0.444 e. The first-order valence-corrected chi connectivity index (χ1v) is 25.1. The number of nitriles is 2. The van der Waals surface area contributed by atoms with Gasteiger partial charge in [0.05, 0.1) is 93.5 Å². The van der Waals surface area contributed by atoms with Crippen LogP contribution in [-0.4, -0.2) is 119 Å². The van der Waals surface area contributed by atoms with Gasteiger partial charge in [-0.1, -0.05) is 36.4 Å². The van der Waals surface area contributed by atoms with Gasteiger partial charge in [-0.05, 0) is 113 Å². The van der Waals surface area contributed by atoms with Gasteiger partial charge in [-0.3, -0.25) is 19.4 Å². The van der Waals surface area contributed by atoms with Crippen LogP contribution < -0.4 is 20.4 Å². The summed E-state index contributed by atoms with van der Waals surface area (Å²) in [5, 5.41) is 24.4. The molecular weight excluding hydrogens is 1050 g/mol. The molecule has 2 atom stereocenters. The third kappa shape index (κ3) is 12.4. The molecular formula is C56H54F6N10O8. The lowest BCUT2D eigenvalue weighted by molar-refractivity contribution is -0.138. The van der Waals surface area contributed by atoms with E-state index in [-0.39, 0.29) is 97.4 Å². The van der Waals surface area contributed by atoms with E-state index in [1.54, 1.807) is 41.5 Å². The molecule has 418 valence electrons. The predicted molar refractivity (Wildman–Crippen MR) is 276 cm³/mol. The summed E-state index contributed by atoms with van der Waals surface area (Å²) in [6, 6.07) is 20.3. The second kappa shape index (κ2) is 22.0. The summed E-state index contributed by atoms with van der Waals surface area (Å²) in [6.07, 6.45) is -11.3. The molecule has 0 bridgehead atoms. The molecule has 24 heteroatoms. The van der Waals surface area contributed by atoms with Crippen LogP contribution >= 0.6 is 0 Å². The van der Waals surface area contributed by atoms with Gasteiger partial charge in [-0.25, -0.2) is 19.2 Å². The first-order chi connectivity index (χ1) is 37.5. The summed E-state index contributed by atoms with van der Waals surface area (Å²) in [5.74, 6) is -1.25. The van der Waals surface area contributed by atoms with Crippen molar-refractivity contribution in [2.24, 2.45) is 0 Å². The van der Waals surface area contributed by atoms with E-state index in [9.17, 15) is 65.6 Å². The largest absolute Gasteiger partial charge is 0.444 e. The predicted octanol–water partition coefficient (Wildman–Crippen LogP) is 9.38. The van der Waals surface area contributed by atoms with Crippen LogP contribution in [0.3, 0.4) is 0 Å². The van der Waals surface area contributed by atoms with Crippen molar-refractivity contribution in [1.82, 2.24) is 30.2 Å². The highest BCUT2D eigenvalue weighted by Gasteiger charge is 2.47. The average molecular weight is 1110 g/mol. The molecule has 4 aliphatic rings. The van der Waals surface area contributed by atoms with Crippen LogP contribution in [0.25, 0.3) is 0 Å². The van der Waals surface area contributed by atoms with Crippen molar-refractivity contribution in [3.8, 4) is 12.1 Å². The average Bonchev–Trinajstić information content (AvgIpc) is 4.01. The Balaban J connectivity index is 1.05. The zero-order valence-electron chi connectivity index (χ0n) is 44.2. The van der Waals surface area contributed by atoms with Crippen LogP contribution in [0.4, 0.5) is 56.9 Å². The normalized spacial score (nSPS) is 17.6. The molecule has 4 aromatic rings. The van der Waals surface area contributed by atoms with Gasteiger partial charge < -0.3 is 39.7 Å². The zero-order valence-corrected chi connectivity index (χ0v) is 44.2. The molecule has 0 aliphatic carbocycles. The van der Waals surface area contributed by atoms with Gasteiger partial charge in [-0.15, -0.1) is 0 Å². The van der Waals surface area contributed by atoms with Gasteiger partial charge in [0, 0.05) is 39.3 Å². The van der Waals surface area contributed by atoms with E-state index in [4.69, 9.17) is 9.47 Å². The summed E-state index contributed by atoms with van der Waals surface area (Å²) in [5.41, 5.74) is -2.96. The van der Waals surface area contributed by atoms with Gasteiger partial charge in [-0.2, -0.15) is 36.9 Å². The quantitative estimate of drug-likeness (QED) is 0.121. The Hall–Kier alpha value is -9.06. The number of urea groups is 2. The Morgan fingerprint density at radius 2 is 0.912 bits per heavy atom. The van der Waals surface area contributed by atoms with E-state index in [0.717, 1.165) is 46.2 Å². The monoisotopic (exact) mass is 1110 g/mol. The molecule has 8 rings (SSSR count). The van der Waals surface area contributed by atoms with E-state index < -0.39 is 82.8 Å². The Bertz CT molecular complexity index is 3060. The summed E-state index contributed by atoms with van der Waals surface area (Å²) >= 11 is 0. The molecule has 4 aromatic carbocycles. The molecule has 4 aliphatic heterocycles. The first kappa shape index (κ1) is 57.1. The molecule has 0 unspecified atom stereocenters. The van der Waals surface area contributed by atoms with Crippen LogP contribution in [-0.2, 0) is 31.4 Å². The van der Waals surface area contributed by atoms with Crippen molar-refractivity contribution in [2.75, 3.05) is 62.2 Å². The summed E-state index contributed by atoms with van der Waals surface area (Å²) < 4.78 is 95.4. The second-order valence-electron chi connectivity index (χ2n) is 21.1. The fourth-order valence-electron chi connectivity index (χ4n) is 9.51. The fourth-order valence-corrected chi connectivity index (χ4v) is 9.51. The molecule has 0 saturated carbocycles. The van der Waals surface area contributed by atoms with Gasteiger partial charge in [0.1, 0.15) is 11.2 Å². The Labute approximate surface area is 456 Å². The van der Waals surface area contributed by atoms with E-state index >= 15 is 0 Å². The van der Waals surface area contributed by atoms with Gasteiger partial charge >= 0.3 is 36.6 Å². The van der Waals surface area contributed by atoms with Crippen molar-refractivity contribution < 1.29 is 64.6 Å². The van der Waals surface area contributed by atoms with Crippen molar-refractivity contribution in [1.29, 1.82) is 10.5 Å². The maximum absolute atomic E-state index is 14.6. The molecule has 0 spiro atoms. The van der Waals surface area contributed by atoms with Gasteiger partial charge in [0.2, 0.25) is 0 Å². The minimum atomic E-state index is -4.77. The van der Waals surface area contributed by atoms with E-state index in [0.29, 0.717) is 11.1 Å². The number of halogens is 6. The number of amides is 8. The van der Waals surface area contributed by atoms with Crippen molar-refractivity contribution >= 4 is 47.4 Å². The molecule has 8 amide bonds. The van der Waals surface area contributed by atoms with Crippen LogP contribution in [0.15, 0.2) is 120 Å². The number of rotatable bonds is 13. The van der Waals surface area contributed by atoms with Crippen LogP contribution in [0.1, 0.15) is 87.0 Å². The third-order valence-corrected chi connectivity index (χ3v) is 13.2. The lowest BCUT2D eigenvalue weighted by atomic mass is 9.94. The number of nitrogens with zero attached hydrogens (tertiary/aromatic N) is 8. The highest BCUT2D eigenvalue weighted by Crippen LogP contribution is 2.42. The smallest absolute Gasteiger partial charge is 0.416 e. The molecule has 0 radical (unpaired) electrons. The Morgan fingerprint density at radius 3 is 1.23 bits per heavy atom. The second-order valence-corrected chi connectivity index (χ2v) is 21.1. The number of hydrogen-bond donors (Lipinski definition) is 2. The lowest BCUT2D eigenvalue weighted by Crippen LogP contribution is -2.48. The Kier molecular flexibility index (Phi) is 15.7. The van der Waals surface area contributed by atoms with Gasteiger partial charge in [0.25, 0.3) is 11.8 Å². The lowest BCUT2D eigenvalue weighted by Gasteiger charge is -2.34. The number of carbonyl (C=O) groups is 6. The van der Waals surface area contributed by atoms with Crippen LogP contribution in [0.2, 0.25) is 0 Å². The third-order valence-electron chi connectivity index (χ3n) is 13.2. The molecule has 0 aromatic heterocycles. The molecule has 2 N–H and O–H groups in total. The number of benzene rings is 4. The van der Waals surface area contributed by atoms with E-state index in [2.05, 4.69) is 10.6 Å². The fraction of sp³-hybridized carbons (Fsp3) is 0.357. The summed E-state index contributed by atoms with van der Waals surface area (Å²) in [7, 11) is 0. The molecule has 4 heterocycles. The number of alkyl halides is 6. The summed E-state index contributed by atoms with van der Waals surface area (Å²) in [6.45, 7) is 7.67. The molecule has 80 heavy (non-hydrogen) atoms. The summed E-state index contributed by atoms with van der Waals surface area (Å²) in [4.78, 5) is 92.4. The van der Waals surface area contributed by atoms with E-state index in [1.165, 1.54) is 80.3 Å². The number of nitrogens with one attached hydrogen (secondary N) is 2.